The van der Waals surface area contributed by atoms with E-state index < -0.39 is 6.61 Å². The maximum atomic E-state index is 13.7. The summed E-state index contributed by atoms with van der Waals surface area (Å²) in [4.78, 5) is 40.8. The molecule has 1 atom stereocenters. The molecule has 1 fully saturated rings. The van der Waals surface area contributed by atoms with Crippen LogP contribution in [0.3, 0.4) is 0 Å². The SMILES string of the molecule is COCC(C)N1CCN(c2ccc(Nc3cc(-c4ccnc(-n5ncn6c7c(cc6c5=O)CC(C)(C)C7)c4CO)cn(C)c3=O)nc2)CC1. The van der Waals surface area contributed by atoms with E-state index in [2.05, 4.69) is 51.0 Å². The van der Waals surface area contributed by atoms with Crippen LogP contribution in [0.1, 0.15) is 37.6 Å². The number of aliphatic hydroxyl groups is 1. The van der Waals surface area contributed by atoms with Gasteiger partial charge in [-0.25, -0.2) is 9.97 Å². The van der Waals surface area contributed by atoms with Crippen molar-refractivity contribution >= 4 is 22.7 Å². The van der Waals surface area contributed by atoms with Gasteiger partial charge < -0.3 is 24.6 Å². The third-order valence-electron chi connectivity index (χ3n) is 9.85. The lowest BCUT2D eigenvalue weighted by molar-refractivity contribution is 0.0953. The third-order valence-corrected chi connectivity index (χ3v) is 9.85. The van der Waals surface area contributed by atoms with Gasteiger partial charge in [-0.1, -0.05) is 13.8 Å². The zero-order chi connectivity index (χ0) is 34.4. The predicted octanol–water partition coefficient (Wildman–Crippen LogP) is 3.16. The number of hydrogen-bond donors (Lipinski definition) is 2. The van der Waals surface area contributed by atoms with Crippen molar-refractivity contribution in [3.8, 4) is 16.9 Å². The van der Waals surface area contributed by atoms with E-state index in [1.165, 1.54) is 9.25 Å². The van der Waals surface area contributed by atoms with Crippen LogP contribution in [0.15, 0.2) is 64.8 Å². The van der Waals surface area contributed by atoms with Crippen molar-refractivity contribution < 1.29 is 9.84 Å². The van der Waals surface area contributed by atoms with E-state index in [0.717, 1.165) is 56.0 Å². The molecule has 5 aromatic heterocycles. The summed E-state index contributed by atoms with van der Waals surface area (Å²) in [5.74, 6) is 0.776. The molecule has 7 rings (SSSR count). The van der Waals surface area contributed by atoms with Gasteiger partial charge in [0.1, 0.15) is 23.3 Å². The maximum absolute atomic E-state index is 13.7. The summed E-state index contributed by atoms with van der Waals surface area (Å²) in [6.45, 7) is 10.6. The minimum absolute atomic E-state index is 0.142. The molecule has 1 aliphatic heterocycles. The van der Waals surface area contributed by atoms with Crippen LogP contribution in [0.5, 0.6) is 0 Å². The molecule has 0 saturated carbocycles. The highest BCUT2D eigenvalue weighted by Crippen LogP contribution is 2.37. The van der Waals surface area contributed by atoms with Crippen molar-refractivity contribution in [3.05, 3.63) is 92.8 Å². The summed E-state index contributed by atoms with van der Waals surface area (Å²) in [6, 6.07) is 9.71. The summed E-state index contributed by atoms with van der Waals surface area (Å²) in [6.07, 6.45) is 8.53. The van der Waals surface area contributed by atoms with E-state index in [-0.39, 0.29) is 22.4 Å². The van der Waals surface area contributed by atoms with Gasteiger partial charge in [-0.2, -0.15) is 9.78 Å². The topological polar surface area (TPSA) is 135 Å². The number of methoxy groups -OCH3 is 1. The number of fused-ring (bicyclic) bond motifs is 3. The molecule has 0 bridgehead atoms. The molecule has 2 N–H and O–H groups in total. The van der Waals surface area contributed by atoms with Crippen molar-refractivity contribution in [1.82, 2.24) is 33.6 Å². The first-order valence-corrected chi connectivity index (χ1v) is 16.7. The minimum Gasteiger partial charge on any atom is -0.392 e. The average molecular weight is 666 g/mol. The number of nitrogens with zero attached hydrogens (tertiary/aromatic N) is 8. The van der Waals surface area contributed by atoms with Crippen LogP contribution >= 0.6 is 0 Å². The summed E-state index contributed by atoms with van der Waals surface area (Å²) in [5.41, 5.74) is 5.45. The zero-order valence-corrected chi connectivity index (χ0v) is 28.7. The van der Waals surface area contributed by atoms with Gasteiger partial charge in [0.25, 0.3) is 11.1 Å². The molecule has 2 aliphatic rings. The number of nitrogens with one attached hydrogen (secondary N) is 1. The summed E-state index contributed by atoms with van der Waals surface area (Å²) < 4.78 is 9.93. The van der Waals surface area contributed by atoms with Crippen LogP contribution in [-0.4, -0.2) is 84.7 Å². The van der Waals surface area contributed by atoms with E-state index in [1.54, 1.807) is 45.0 Å². The van der Waals surface area contributed by atoms with Crippen LogP contribution in [-0.2, 0) is 31.2 Å². The van der Waals surface area contributed by atoms with Gasteiger partial charge in [0, 0.05) is 75.6 Å². The van der Waals surface area contributed by atoms with Crippen molar-refractivity contribution in [2.24, 2.45) is 12.5 Å². The highest BCUT2D eigenvalue weighted by atomic mass is 16.5. The van der Waals surface area contributed by atoms with Gasteiger partial charge in [0.2, 0.25) is 0 Å². The molecule has 1 unspecified atom stereocenters. The normalized spacial score (nSPS) is 16.7. The molecule has 0 spiro atoms. The van der Waals surface area contributed by atoms with Gasteiger partial charge >= 0.3 is 0 Å². The Hall–Kier alpha value is -4.85. The number of ether oxygens (including phenoxy) is 1. The van der Waals surface area contributed by atoms with Crippen molar-refractivity contribution in [2.45, 2.75) is 46.3 Å². The third kappa shape index (κ3) is 6.13. The molecule has 13 heteroatoms. The van der Waals surface area contributed by atoms with Crippen molar-refractivity contribution in [1.29, 1.82) is 0 Å². The Balaban J connectivity index is 1.15. The van der Waals surface area contributed by atoms with Crippen LogP contribution in [0, 0.1) is 5.41 Å². The highest BCUT2D eigenvalue weighted by molar-refractivity contribution is 5.73. The molecule has 5 aromatic rings. The van der Waals surface area contributed by atoms with Crippen LogP contribution < -0.4 is 21.3 Å². The van der Waals surface area contributed by atoms with E-state index in [4.69, 9.17) is 4.74 Å². The van der Waals surface area contributed by atoms with Gasteiger partial charge in [-0.3, -0.25) is 18.9 Å². The minimum atomic E-state index is -0.391. The number of pyridine rings is 3. The average Bonchev–Trinajstić information content (AvgIpc) is 3.59. The van der Waals surface area contributed by atoms with E-state index >= 15 is 0 Å². The van der Waals surface area contributed by atoms with Gasteiger partial charge in [0.05, 0.1) is 25.1 Å². The molecule has 49 heavy (non-hydrogen) atoms. The Morgan fingerprint density at radius 2 is 1.84 bits per heavy atom. The molecule has 256 valence electrons. The maximum Gasteiger partial charge on any atom is 0.297 e. The largest absolute Gasteiger partial charge is 0.392 e. The van der Waals surface area contributed by atoms with Crippen molar-refractivity contribution in [3.63, 3.8) is 0 Å². The fraction of sp³-hybridized carbons (Fsp3) is 0.417. The van der Waals surface area contributed by atoms with Gasteiger partial charge in [-0.05, 0) is 66.6 Å². The monoisotopic (exact) mass is 665 g/mol. The summed E-state index contributed by atoms with van der Waals surface area (Å²) >= 11 is 0. The van der Waals surface area contributed by atoms with E-state index in [1.807, 2.05) is 28.8 Å². The second kappa shape index (κ2) is 12.9. The first kappa shape index (κ1) is 32.7. The quantitative estimate of drug-likeness (QED) is 0.242. The Morgan fingerprint density at radius 3 is 2.55 bits per heavy atom. The van der Waals surface area contributed by atoms with E-state index in [0.29, 0.717) is 46.4 Å². The van der Waals surface area contributed by atoms with Crippen LogP contribution in [0.4, 0.5) is 17.2 Å². The molecule has 6 heterocycles. The lowest BCUT2D eigenvalue weighted by atomic mass is 9.90. The molecular formula is C36H43N9O4. The van der Waals surface area contributed by atoms with E-state index in [9.17, 15) is 14.7 Å². The number of anilines is 3. The zero-order valence-electron chi connectivity index (χ0n) is 28.7. The Labute approximate surface area is 284 Å². The number of rotatable bonds is 9. The molecule has 0 radical (unpaired) electrons. The smallest absolute Gasteiger partial charge is 0.297 e. The highest BCUT2D eigenvalue weighted by Gasteiger charge is 2.32. The lowest BCUT2D eigenvalue weighted by Crippen LogP contribution is -2.50. The van der Waals surface area contributed by atoms with Crippen LogP contribution in [0.25, 0.3) is 22.5 Å². The fourth-order valence-corrected chi connectivity index (χ4v) is 7.30. The number of piperazine rings is 1. The Bertz CT molecular complexity index is 2130. The second-order valence-corrected chi connectivity index (χ2v) is 14.0. The standard InChI is InChI=1S/C36H43N9O4/c1-23(21-49-5)42-10-12-43(13-11-42)26-6-7-32(38-18-26)40-29-14-25(19-41(4)34(29)47)27-8-9-37-33(28(27)20-46)45-35(48)30-15-24-16-36(2,3)17-31(24)44(30)22-39-45/h6-9,14-15,18-19,22-23,46H,10-13,16-17,20-21H2,1-5H3,(H,38,40). The fourth-order valence-electron chi connectivity index (χ4n) is 7.30. The molecule has 0 amide bonds. The number of aryl methyl sites for hydroxylation is 1. The Morgan fingerprint density at radius 1 is 1.04 bits per heavy atom. The molecule has 0 aromatic carbocycles. The lowest BCUT2D eigenvalue weighted by Gasteiger charge is -2.38. The summed E-state index contributed by atoms with van der Waals surface area (Å²) in [5, 5.41) is 18.3. The number of hydrogen-bond acceptors (Lipinski definition) is 10. The molecule has 1 aliphatic carbocycles. The second-order valence-electron chi connectivity index (χ2n) is 14.0. The summed E-state index contributed by atoms with van der Waals surface area (Å²) in [7, 11) is 3.41. The molecule has 1 saturated heterocycles. The number of aromatic nitrogens is 6. The van der Waals surface area contributed by atoms with Gasteiger partial charge in [0.15, 0.2) is 5.82 Å². The van der Waals surface area contributed by atoms with Gasteiger partial charge in [-0.15, -0.1) is 0 Å². The predicted molar refractivity (Wildman–Crippen MR) is 189 cm³/mol. The van der Waals surface area contributed by atoms with Crippen molar-refractivity contribution in [2.75, 3.05) is 50.1 Å². The first-order chi connectivity index (χ1) is 23.6. The Kier molecular flexibility index (Phi) is 8.59. The molecular weight excluding hydrogens is 622 g/mol. The first-order valence-electron chi connectivity index (χ1n) is 16.7. The van der Waals surface area contributed by atoms with Crippen LogP contribution in [0.2, 0.25) is 0 Å². The number of aliphatic hydroxyl groups excluding tert-OH is 1. The molecule has 13 nitrogen and oxygen atoms in total.